The minimum Gasteiger partial charge on any atom is -0.506 e. The lowest BCUT2D eigenvalue weighted by Crippen LogP contribution is -2.36. The maximum atomic E-state index is 12.3. The second-order valence-corrected chi connectivity index (χ2v) is 5.96. The summed E-state index contributed by atoms with van der Waals surface area (Å²) in [5.41, 5.74) is 2.49. The molecule has 2 aromatic rings. The van der Waals surface area contributed by atoms with Gasteiger partial charge in [-0.25, -0.2) is 0 Å². The zero-order valence-corrected chi connectivity index (χ0v) is 13.9. The Balaban J connectivity index is 1.68. The van der Waals surface area contributed by atoms with Crippen LogP contribution < -0.4 is 4.90 Å². The molecule has 4 nitrogen and oxygen atoms in total. The van der Waals surface area contributed by atoms with Gasteiger partial charge in [-0.1, -0.05) is 23.7 Å². The van der Waals surface area contributed by atoms with E-state index in [0.29, 0.717) is 5.56 Å². The van der Waals surface area contributed by atoms with Crippen molar-refractivity contribution in [2.24, 2.45) is 0 Å². The van der Waals surface area contributed by atoms with Crippen LogP contribution in [0, 0.1) is 0 Å². The standard InChI is InChI=1S/C19H18ClNO3/c20-17-13-14(2-8-19(17)23)1-7-18(22)15-3-5-16(6-4-15)21-9-11-24-12-10-21/h1-8,13,23H,9-12H2/b7-1+. The molecule has 0 atom stereocenters. The fourth-order valence-electron chi connectivity index (χ4n) is 2.55. The highest BCUT2D eigenvalue weighted by Gasteiger charge is 2.11. The molecule has 1 heterocycles. The number of carbonyl (C=O) groups is 1. The van der Waals surface area contributed by atoms with Crippen molar-refractivity contribution in [1.29, 1.82) is 0 Å². The molecular formula is C19H18ClNO3. The van der Waals surface area contributed by atoms with Crippen LogP contribution in [0.15, 0.2) is 48.5 Å². The molecule has 2 aromatic carbocycles. The topological polar surface area (TPSA) is 49.8 Å². The van der Waals surface area contributed by atoms with E-state index in [9.17, 15) is 9.90 Å². The number of allylic oxidation sites excluding steroid dienone is 1. The van der Waals surface area contributed by atoms with E-state index in [-0.39, 0.29) is 16.6 Å². The van der Waals surface area contributed by atoms with Crippen molar-refractivity contribution in [3.05, 3.63) is 64.7 Å². The molecule has 0 amide bonds. The molecule has 5 heteroatoms. The summed E-state index contributed by atoms with van der Waals surface area (Å²) in [5, 5.41) is 9.66. The first-order chi connectivity index (χ1) is 11.6. The number of ketones is 1. The lowest BCUT2D eigenvalue weighted by atomic mass is 10.1. The van der Waals surface area contributed by atoms with E-state index >= 15 is 0 Å². The Hall–Kier alpha value is -2.30. The maximum Gasteiger partial charge on any atom is 0.185 e. The lowest BCUT2D eigenvalue weighted by molar-refractivity contribution is 0.104. The number of nitrogens with zero attached hydrogens (tertiary/aromatic N) is 1. The molecule has 0 saturated carbocycles. The number of benzene rings is 2. The van der Waals surface area contributed by atoms with Crippen LogP contribution in [0.5, 0.6) is 5.75 Å². The summed E-state index contributed by atoms with van der Waals surface area (Å²) < 4.78 is 5.34. The molecule has 24 heavy (non-hydrogen) atoms. The second-order valence-electron chi connectivity index (χ2n) is 5.55. The smallest absolute Gasteiger partial charge is 0.185 e. The van der Waals surface area contributed by atoms with Crippen LogP contribution in [0.25, 0.3) is 6.08 Å². The Morgan fingerprint density at radius 1 is 1.12 bits per heavy atom. The SMILES string of the molecule is O=C(/C=C/c1ccc(O)c(Cl)c1)c1ccc(N2CCOCC2)cc1. The number of morpholine rings is 1. The van der Waals surface area contributed by atoms with Crippen LogP contribution in [0.1, 0.15) is 15.9 Å². The van der Waals surface area contributed by atoms with Crippen molar-refractivity contribution in [3.8, 4) is 5.75 Å². The molecule has 0 spiro atoms. The highest BCUT2D eigenvalue weighted by molar-refractivity contribution is 6.32. The van der Waals surface area contributed by atoms with Crippen LogP contribution in [0.4, 0.5) is 5.69 Å². The third-order valence-electron chi connectivity index (χ3n) is 3.93. The number of anilines is 1. The number of phenols is 1. The van der Waals surface area contributed by atoms with E-state index in [1.807, 2.05) is 24.3 Å². The summed E-state index contributed by atoms with van der Waals surface area (Å²) >= 11 is 5.86. The van der Waals surface area contributed by atoms with Gasteiger partial charge in [0.05, 0.1) is 18.2 Å². The molecule has 1 saturated heterocycles. The quantitative estimate of drug-likeness (QED) is 0.678. The van der Waals surface area contributed by atoms with Gasteiger partial charge in [0.25, 0.3) is 0 Å². The van der Waals surface area contributed by atoms with Crippen LogP contribution in [-0.2, 0) is 4.74 Å². The molecule has 1 aliphatic rings. The van der Waals surface area contributed by atoms with Crippen molar-refractivity contribution in [2.75, 3.05) is 31.2 Å². The first-order valence-corrected chi connectivity index (χ1v) is 8.15. The van der Waals surface area contributed by atoms with Crippen molar-refractivity contribution in [1.82, 2.24) is 0 Å². The van der Waals surface area contributed by atoms with E-state index in [0.717, 1.165) is 37.6 Å². The third kappa shape index (κ3) is 3.96. The highest BCUT2D eigenvalue weighted by atomic mass is 35.5. The fraction of sp³-hybridized carbons (Fsp3) is 0.211. The van der Waals surface area contributed by atoms with Gasteiger partial charge < -0.3 is 14.7 Å². The monoisotopic (exact) mass is 343 g/mol. The lowest BCUT2D eigenvalue weighted by Gasteiger charge is -2.28. The second kappa shape index (κ2) is 7.51. The molecule has 0 radical (unpaired) electrons. The first-order valence-electron chi connectivity index (χ1n) is 7.77. The molecule has 0 aliphatic carbocycles. The minimum atomic E-state index is -0.0762. The van der Waals surface area contributed by atoms with Gasteiger partial charge in [-0.2, -0.15) is 0 Å². The van der Waals surface area contributed by atoms with Gasteiger partial charge in [0.1, 0.15) is 5.75 Å². The summed E-state index contributed by atoms with van der Waals surface area (Å²) in [6, 6.07) is 12.4. The van der Waals surface area contributed by atoms with E-state index < -0.39 is 0 Å². The minimum absolute atomic E-state index is 0.0267. The zero-order chi connectivity index (χ0) is 16.9. The van der Waals surface area contributed by atoms with Gasteiger partial charge in [0.2, 0.25) is 0 Å². The van der Waals surface area contributed by atoms with Crippen LogP contribution >= 0.6 is 11.6 Å². The summed E-state index contributed by atoms with van der Waals surface area (Å²) in [6.45, 7) is 3.21. The van der Waals surface area contributed by atoms with Gasteiger partial charge in [0.15, 0.2) is 5.78 Å². The van der Waals surface area contributed by atoms with Gasteiger partial charge >= 0.3 is 0 Å². The van der Waals surface area contributed by atoms with E-state index in [1.165, 1.54) is 12.1 Å². The van der Waals surface area contributed by atoms with E-state index in [2.05, 4.69) is 4.90 Å². The van der Waals surface area contributed by atoms with Crippen LogP contribution in [0.2, 0.25) is 5.02 Å². The molecule has 0 unspecified atom stereocenters. The zero-order valence-electron chi connectivity index (χ0n) is 13.1. The molecule has 3 rings (SSSR count). The number of rotatable bonds is 4. The molecule has 1 fully saturated rings. The van der Waals surface area contributed by atoms with Crippen molar-refractivity contribution < 1.29 is 14.6 Å². The number of ether oxygens (including phenoxy) is 1. The van der Waals surface area contributed by atoms with Gasteiger partial charge in [-0.3, -0.25) is 4.79 Å². The summed E-state index contributed by atoms with van der Waals surface area (Å²) in [6.07, 6.45) is 3.19. The summed E-state index contributed by atoms with van der Waals surface area (Å²) in [7, 11) is 0. The highest BCUT2D eigenvalue weighted by Crippen LogP contribution is 2.24. The van der Waals surface area contributed by atoms with Gasteiger partial charge in [0, 0.05) is 24.3 Å². The summed E-state index contributed by atoms with van der Waals surface area (Å²) in [4.78, 5) is 14.5. The Morgan fingerprint density at radius 3 is 2.50 bits per heavy atom. The Bertz CT molecular complexity index is 750. The van der Waals surface area contributed by atoms with Crippen LogP contribution in [0.3, 0.4) is 0 Å². The number of aromatic hydroxyl groups is 1. The Kier molecular flexibility index (Phi) is 5.18. The number of halogens is 1. The Labute approximate surface area is 145 Å². The molecule has 0 bridgehead atoms. The molecule has 1 N–H and O–H groups in total. The maximum absolute atomic E-state index is 12.3. The van der Waals surface area contributed by atoms with Crippen LogP contribution in [-0.4, -0.2) is 37.2 Å². The summed E-state index contributed by atoms with van der Waals surface area (Å²) in [5.74, 6) is -0.0495. The average molecular weight is 344 g/mol. The normalized spacial score (nSPS) is 15.0. The molecular weight excluding hydrogens is 326 g/mol. The van der Waals surface area contributed by atoms with E-state index in [1.54, 1.807) is 18.2 Å². The number of hydrogen-bond acceptors (Lipinski definition) is 4. The number of hydrogen-bond donors (Lipinski definition) is 1. The van der Waals surface area contributed by atoms with Gasteiger partial charge in [-0.15, -0.1) is 0 Å². The molecule has 0 aromatic heterocycles. The number of carbonyl (C=O) groups excluding carboxylic acids is 1. The largest absolute Gasteiger partial charge is 0.506 e. The fourth-order valence-corrected chi connectivity index (χ4v) is 2.74. The van der Waals surface area contributed by atoms with Gasteiger partial charge in [-0.05, 0) is 48.0 Å². The van der Waals surface area contributed by atoms with Crippen molar-refractivity contribution in [2.45, 2.75) is 0 Å². The predicted octanol–water partition coefficient (Wildman–Crippen LogP) is 3.78. The third-order valence-corrected chi connectivity index (χ3v) is 4.23. The van der Waals surface area contributed by atoms with E-state index in [4.69, 9.17) is 16.3 Å². The number of phenolic OH excluding ortho intramolecular Hbond substituents is 1. The Morgan fingerprint density at radius 2 is 1.83 bits per heavy atom. The predicted molar refractivity (Wildman–Crippen MR) is 96.0 cm³/mol. The van der Waals surface area contributed by atoms with Crippen molar-refractivity contribution >= 4 is 29.1 Å². The molecule has 124 valence electrons. The molecule has 1 aliphatic heterocycles. The average Bonchev–Trinajstić information content (AvgIpc) is 2.63. The first kappa shape index (κ1) is 16.6. The van der Waals surface area contributed by atoms with Crippen molar-refractivity contribution in [3.63, 3.8) is 0 Å².